The number of sulfone groups is 1. The highest BCUT2D eigenvalue weighted by molar-refractivity contribution is 7.90. The summed E-state index contributed by atoms with van der Waals surface area (Å²) in [4.78, 5) is 20.3. The lowest BCUT2D eigenvalue weighted by Gasteiger charge is -2.21. The molecule has 1 aliphatic rings. The first-order valence-electron chi connectivity index (χ1n) is 8.63. The van der Waals surface area contributed by atoms with Crippen LogP contribution in [0.15, 0.2) is 59.8 Å². The number of hydrogen-bond donors (Lipinski definition) is 0. The molecule has 0 bridgehead atoms. The standard InChI is InChI=1S/C20H15ClN4O3S/c1-29(27,28)17-6-5-13-10-23-11-19(18(13)8-17)25-16(9-22)12-24(20(25)26)15-4-2-3-14(21)7-15/h2-8,10-11,16H,12H2,1H3/t16-/m1/s1. The molecule has 1 fully saturated rings. The minimum Gasteiger partial charge on any atom is -0.291 e. The number of carbonyl (C=O) groups is 1. The normalized spacial score (nSPS) is 17.0. The Morgan fingerprint density at radius 2 is 2.00 bits per heavy atom. The Balaban J connectivity index is 1.86. The smallest absolute Gasteiger partial charge is 0.291 e. The summed E-state index contributed by atoms with van der Waals surface area (Å²) in [6, 6.07) is 12.4. The Morgan fingerprint density at radius 3 is 2.69 bits per heavy atom. The van der Waals surface area contributed by atoms with E-state index in [1.165, 1.54) is 28.1 Å². The zero-order valence-corrected chi connectivity index (χ0v) is 16.9. The molecule has 0 unspecified atom stereocenters. The molecular formula is C20H15ClN4O3S. The minimum atomic E-state index is -3.44. The van der Waals surface area contributed by atoms with E-state index >= 15 is 0 Å². The van der Waals surface area contributed by atoms with Crippen molar-refractivity contribution < 1.29 is 13.2 Å². The second-order valence-electron chi connectivity index (χ2n) is 6.70. The Kier molecular flexibility index (Phi) is 4.65. The van der Waals surface area contributed by atoms with Crippen molar-refractivity contribution in [2.75, 3.05) is 22.6 Å². The Morgan fingerprint density at radius 1 is 1.21 bits per heavy atom. The quantitative estimate of drug-likeness (QED) is 0.637. The van der Waals surface area contributed by atoms with Gasteiger partial charge in [0.15, 0.2) is 9.84 Å². The number of amides is 2. The Labute approximate surface area is 172 Å². The number of nitriles is 1. The number of anilines is 2. The number of rotatable bonds is 3. The third-order valence-corrected chi connectivity index (χ3v) is 6.12. The second kappa shape index (κ2) is 7.03. The van der Waals surface area contributed by atoms with Crippen molar-refractivity contribution in [3.05, 3.63) is 59.9 Å². The highest BCUT2D eigenvalue weighted by atomic mass is 35.5. The van der Waals surface area contributed by atoms with Gasteiger partial charge in [-0.15, -0.1) is 0 Å². The molecule has 1 atom stereocenters. The molecular weight excluding hydrogens is 412 g/mol. The molecule has 0 aliphatic carbocycles. The van der Waals surface area contributed by atoms with Crippen LogP contribution in [0.2, 0.25) is 5.02 Å². The van der Waals surface area contributed by atoms with E-state index in [2.05, 4.69) is 11.1 Å². The molecule has 146 valence electrons. The van der Waals surface area contributed by atoms with E-state index in [1.807, 2.05) is 0 Å². The van der Waals surface area contributed by atoms with Crippen LogP contribution in [-0.2, 0) is 9.84 Å². The van der Waals surface area contributed by atoms with Gasteiger partial charge in [0.1, 0.15) is 6.04 Å². The lowest BCUT2D eigenvalue weighted by molar-refractivity contribution is 0.255. The van der Waals surface area contributed by atoms with Gasteiger partial charge in [-0.2, -0.15) is 5.26 Å². The molecule has 1 aromatic heterocycles. The molecule has 0 N–H and O–H groups in total. The van der Waals surface area contributed by atoms with Crippen LogP contribution in [-0.4, -0.2) is 38.3 Å². The summed E-state index contributed by atoms with van der Waals surface area (Å²) in [6.07, 6.45) is 4.18. The van der Waals surface area contributed by atoms with Gasteiger partial charge in [0.2, 0.25) is 0 Å². The highest BCUT2D eigenvalue weighted by Gasteiger charge is 2.40. The van der Waals surface area contributed by atoms with E-state index in [0.717, 1.165) is 6.26 Å². The molecule has 0 saturated carbocycles. The van der Waals surface area contributed by atoms with Crippen molar-refractivity contribution in [2.24, 2.45) is 0 Å². The van der Waals surface area contributed by atoms with Crippen LogP contribution in [0.25, 0.3) is 10.8 Å². The van der Waals surface area contributed by atoms with E-state index in [-0.39, 0.29) is 11.4 Å². The molecule has 9 heteroatoms. The maximum atomic E-state index is 13.2. The fourth-order valence-corrected chi connectivity index (χ4v) is 4.21. The van der Waals surface area contributed by atoms with Crippen molar-refractivity contribution in [3.63, 3.8) is 0 Å². The number of hydrogen-bond acceptors (Lipinski definition) is 5. The van der Waals surface area contributed by atoms with Crippen molar-refractivity contribution in [3.8, 4) is 6.07 Å². The summed E-state index contributed by atoms with van der Waals surface area (Å²) in [5, 5.41) is 11.4. The zero-order chi connectivity index (χ0) is 20.8. The number of urea groups is 1. The molecule has 3 aromatic rings. The highest BCUT2D eigenvalue weighted by Crippen LogP contribution is 2.34. The number of fused-ring (bicyclic) bond motifs is 1. The number of halogens is 1. The van der Waals surface area contributed by atoms with Gasteiger partial charge in [0.25, 0.3) is 0 Å². The third kappa shape index (κ3) is 3.39. The fourth-order valence-electron chi connectivity index (χ4n) is 3.38. The van der Waals surface area contributed by atoms with E-state index in [0.29, 0.717) is 27.2 Å². The van der Waals surface area contributed by atoms with Crippen molar-refractivity contribution in [2.45, 2.75) is 10.9 Å². The van der Waals surface area contributed by atoms with Crippen LogP contribution in [0.4, 0.5) is 16.2 Å². The van der Waals surface area contributed by atoms with E-state index in [4.69, 9.17) is 11.6 Å². The first-order valence-corrected chi connectivity index (χ1v) is 10.9. The van der Waals surface area contributed by atoms with Crippen LogP contribution < -0.4 is 9.80 Å². The van der Waals surface area contributed by atoms with Gasteiger partial charge in [0, 0.05) is 33.9 Å². The van der Waals surface area contributed by atoms with E-state index in [1.54, 1.807) is 36.5 Å². The predicted molar refractivity (Wildman–Crippen MR) is 111 cm³/mol. The van der Waals surface area contributed by atoms with Gasteiger partial charge in [-0.1, -0.05) is 23.7 Å². The van der Waals surface area contributed by atoms with Crippen LogP contribution in [0, 0.1) is 11.3 Å². The zero-order valence-electron chi connectivity index (χ0n) is 15.3. The van der Waals surface area contributed by atoms with Crippen LogP contribution >= 0.6 is 11.6 Å². The van der Waals surface area contributed by atoms with Crippen LogP contribution in [0.1, 0.15) is 0 Å². The van der Waals surface area contributed by atoms with Gasteiger partial charge < -0.3 is 0 Å². The minimum absolute atomic E-state index is 0.129. The maximum Gasteiger partial charge on any atom is 0.330 e. The maximum absolute atomic E-state index is 13.2. The van der Waals surface area contributed by atoms with Gasteiger partial charge in [0.05, 0.1) is 29.4 Å². The lowest BCUT2D eigenvalue weighted by atomic mass is 10.1. The molecule has 7 nitrogen and oxygen atoms in total. The van der Waals surface area contributed by atoms with Gasteiger partial charge in [-0.3, -0.25) is 14.8 Å². The lowest BCUT2D eigenvalue weighted by Crippen LogP contribution is -2.34. The predicted octanol–water partition coefficient (Wildman–Crippen LogP) is 3.63. The molecule has 0 spiro atoms. The Bertz CT molecular complexity index is 1290. The summed E-state index contributed by atoms with van der Waals surface area (Å²) in [5.41, 5.74) is 0.962. The van der Waals surface area contributed by atoms with E-state index in [9.17, 15) is 18.5 Å². The molecule has 29 heavy (non-hydrogen) atoms. The number of carbonyl (C=O) groups excluding carboxylic acids is 1. The van der Waals surface area contributed by atoms with Gasteiger partial charge in [-0.05, 0) is 30.3 Å². The summed E-state index contributed by atoms with van der Waals surface area (Å²) >= 11 is 6.05. The number of benzene rings is 2. The summed E-state index contributed by atoms with van der Waals surface area (Å²) in [5.74, 6) is 0. The summed E-state index contributed by atoms with van der Waals surface area (Å²) in [7, 11) is -3.44. The fraction of sp³-hybridized carbons (Fsp3) is 0.150. The average Bonchev–Trinajstić information content (AvgIpc) is 3.02. The molecule has 2 heterocycles. The van der Waals surface area contributed by atoms with Crippen LogP contribution in [0.3, 0.4) is 0 Å². The summed E-state index contributed by atoms with van der Waals surface area (Å²) in [6.45, 7) is 0.151. The number of pyridine rings is 1. The molecule has 2 aromatic carbocycles. The monoisotopic (exact) mass is 426 g/mol. The number of aromatic nitrogens is 1. The van der Waals surface area contributed by atoms with Crippen molar-refractivity contribution in [1.82, 2.24) is 4.98 Å². The Hall–Kier alpha value is -3.15. The largest absolute Gasteiger partial charge is 0.330 e. The van der Waals surface area contributed by atoms with E-state index < -0.39 is 21.9 Å². The first kappa shape index (κ1) is 19.2. The molecule has 1 saturated heterocycles. The van der Waals surface area contributed by atoms with Gasteiger partial charge >= 0.3 is 6.03 Å². The molecule has 0 radical (unpaired) electrons. The summed E-state index contributed by atoms with van der Waals surface area (Å²) < 4.78 is 24.0. The van der Waals surface area contributed by atoms with Crippen LogP contribution in [0.5, 0.6) is 0 Å². The molecule has 2 amide bonds. The number of nitrogens with zero attached hydrogens (tertiary/aromatic N) is 4. The average molecular weight is 427 g/mol. The molecule has 1 aliphatic heterocycles. The topological polar surface area (TPSA) is 94.4 Å². The van der Waals surface area contributed by atoms with Crippen molar-refractivity contribution >= 4 is 49.6 Å². The molecule has 4 rings (SSSR count). The SMILES string of the molecule is CS(=O)(=O)c1ccc2cncc(N3C(=O)N(c4cccc(Cl)c4)C[C@H]3C#N)c2c1. The third-order valence-electron chi connectivity index (χ3n) is 4.77. The second-order valence-corrected chi connectivity index (χ2v) is 9.15. The van der Waals surface area contributed by atoms with Crippen molar-refractivity contribution in [1.29, 1.82) is 5.26 Å². The van der Waals surface area contributed by atoms with Gasteiger partial charge in [-0.25, -0.2) is 13.2 Å². The first-order chi connectivity index (χ1) is 13.8.